The number of nitrogens with one attached hydrogen (secondary N) is 1. The molecule has 2 nitrogen and oxygen atoms in total. The first kappa shape index (κ1) is 15.1. The van der Waals surface area contributed by atoms with Gasteiger partial charge < -0.3 is 5.32 Å². The van der Waals surface area contributed by atoms with Crippen LogP contribution in [0.15, 0.2) is 30.2 Å². The lowest BCUT2D eigenvalue weighted by Crippen LogP contribution is -2.14. The zero-order valence-corrected chi connectivity index (χ0v) is 14.5. The van der Waals surface area contributed by atoms with E-state index in [0.29, 0.717) is 9.35 Å². The Morgan fingerprint density at radius 3 is 2.16 bits per heavy atom. The van der Waals surface area contributed by atoms with Crippen LogP contribution < -0.4 is 5.32 Å². The van der Waals surface area contributed by atoms with Gasteiger partial charge in [0, 0.05) is 4.47 Å². The third-order valence-corrected chi connectivity index (χ3v) is 4.94. The van der Waals surface area contributed by atoms with Crippen LogP contribution in [0.2, 0.25) is 0 Å². The van der Waals surface area contributed by atoms with Crippen molar-refractivity contribution in [2.75, 3.05) is 5.32 Å². The number of rotatable bonds is 2. The lowest BCUT2D eigenvalue weighted by molar-refractivity contribution is 0.102. The minimum atomic E-state index is -0.842. The molecule has 0 atom stereocenters. The number of halogens is 5. The van der Waals surface area contributed by atoms with Gasteiger partial charge in [-0.1, -0.05) is 15.9 Å². The fourth-order valence-electron chi connectivity index (χ4n) is 1.34. The van der Waals surface area contributed by atoms with Gasteiger partial charge in [0.05, 0.1) is 13.1 Å². The number of hydrogen-bond donors (Lipinski definition) is 1. The van der Waals surface area contributed by atoms with Crippen molar-refractivity contribution in [1.82, 2.24) is 0 Å². The topological polar surface area (TPSA) is 29.1 Å². The minimum absolute atomic E-state index is 0.264. The highest BCUT2D eigenvalue weighted by atomic mass is 79.9. The Hall–Kier alpha value is -0.310. The van der Waals surface area contributed by atoms with Gasteiger partial charge in [0.25, 0.3) is 5.91 Å². The third-order valence-electron chi connectivity index (χ3n) is 2.15. The predicted molar refractivity (Wildman–Crippen MR) is 81.7 cm³/mol. The van der Waals surface area contributed by atoms with Crippen LogP contribution in [0.1, 0.15) is 10.4 Å². The number of hydrogen-bond acceptors (Lipinski definition) is 2. The van der Waals surface area contributed by atoms with E-state index in [9.17, 15) is 13.6 Å². The van der Waals surface area contributed by atoms with Crippen LogP contribution in [-0.2, 0) is 0 Å². The Kier molecular flexibility index (Phi) is 4.75. The molecular formula is C11H4Br3F2NOS. The Bertz CT molecular complexity index is 636. The van der Waals surface area contributed by atoms with Crippen LogP contribution in [-0.4, -0.2) is 5.91 Å². The van der Waals surface area contributed by atoms with Gasteiger partial charge in [-0.15, -0.1) is 11.3 Å². The van der Waals surface area contributed by atoms with Crippen LogP contribution in [0.5, 0.6) is 0 Å². The van der Waals surface area contributed by atoms with E-state index in [0.717, 1.165) is 15.9 Å². The molecule has 0 spiro atoms. The summed E-state index contributed by atoms with van der Waals surface area (Å²) >= 11 is 10.7. The van der Waals surface area contributed by atoms with Crippen molar-refractivity contribution in [3.8, 4) is 0 Å². The molecule has 0 saturated carbocycles. The summed E-state index contributed by atoms with van der Waals surface area (Å²) in [4.78, 5) is 11.9. The maximum Gasteiger partial charge on any atom is 0.257 e. The largest absolute Gasteiger partial charge is 0.317 e. The van der Waals surface area contributed by atoms with Gasteiger partial charge in [-0.2, -0.15) is 0 Å². The van der Waals surface area contributed by atoms with Gasteiger partial charge in [0.1, 0.15) is 5.69 Å². The Labute approximate surface area is 136 Å². The maximum atomic E-state index is 13.6. The highest BCUT2D eigenvalue weighted by Crippen LogP contribution is 2.33. The summed E-state index contributed by atoms with van der Waals surface area (Å²) in [5.74, 6) is -2.27. The zero-order valence-electron chi connectivity index (χ0n) is 8.94. The van der Waals surface area contributed by atoms with Crippen molar-refractivity contribution in [2.45, 2.75) is 0 Å². The molecule has 2 rings (SSSR count). The summed E-state index contributed by atoms with van der Waals surface area (Å²) < 4.78 is 28.8. The molecule has 0 fully saturated rings. The molecule has 8 heteroatoms. The molecule has 0 saturated heterocycles. The van der Waals surface area contributed by atoms with Crippen LogP contribution in [0.25, 0.3) is 0 Å². The summed E-state index contributed by atoms with van der Waals surface area (Å²) in [6, 6.07) is 3.73. The SMILES string of the molecule is O=C(Nc1c(F)cc(Br)cc1F)c1cc(Br)sc1Br. The van der Waals surface area contributed by atoms with E-state index >= 15 is 0 Å². The smallest absolute Gasteiger partial charge is 0.257 e. The van der Waals surface area contributed by atoms with Crippen molar-refractivity contribution in [1.29, 1.82) is 0 Å². The normalized spacial score (nSPS) is 10.6. The van der Waals surface area contributed by atoms with E-state index in [1.54, 1.807) is 6.07 Å². The molecule has 2 aromatic rings. The minimum Gasteiger partial charge on any atom is -0.317 e. The summed E-state index contributed by atoms with van der Waals surface area (Å²) in [7, 11) is 0. The fraction of sp³-hybridized carbons (Fsp3) is 0. The molecule has 1 aromatic heterocycles. The molecule has 0 bridgehead atoms. The molecule has 1 aromatic carbocycles. The monoisotopic (exact) mass is 473 g/mol. The quantitative estimate of drug-likeness (QED) is 0.605. The van der Waals surface area contributed by atoms with E-state index in [2.05, 4.69) is 53.1 Å². The summed E-state index contributed by atoms with van der Waals surface area (Å²) in [5.41, 5.74) is -0.166. The Morgan fingerprint density at radius 2 is 1.68 bits per heavy atom. The van der Waals surface area contributed by atoms with E-state index in [1.165, 1.54) is 11.3 Å². The molecule has 1 amide bonds. The number of anilines is 1. The lowest BCUT2D eigenvalue weighted by Gasteiger charge is -2.07. The number of thiophene rings is 1. The maximum absolute atomic E-state index is 13.6. The van der Waals surface area contributed by atoms with Crippen molar-refractivity contribution < 1.29 is 13.6 Å². The van der Waals surface area contributed by atoms with E-state index in [4.69, 9.17) is 0 Å². The summed E-state index contributed by atoms with van der Waals surface area (Å²) in [6.45, 7) is 0. The second-order valence-electron chi connectivity index (χ2n) is 3.44. The van der Waals surface area contributed by atoms with Crippen LogP contribution in [0, 0.1) is 11.6 Å². The summed E-state index contributed by atoms with van der Waals surface area (Å²) in [5, 5.41) is 2.22. The first-order chi connectivity index (χ1) is 8.88. The second-order valence-corrected chi connectivity index (χ2v) is 8.10. The third kappa shape index (κ3) is 3.42. The van der Waals surface area contributed by atoms with Crippen molar-refractivity contribution in [3.63, 3.8) is 0 Å². The molecule has 0 aliphatic heterocycles. The molecule has 0 radical (unpaired) electrons. The molecule has 0 unspecified atom stereocenters. The van der Waals surface area contributed by atoms with Crippen molar-refractivity contribution in [3.05, 3.63) is 47.4 Å². The average Bonchev–Trinajstić information content (AvgIpc) is 2.62. The highest BCUT2D eigenvalue weighted by molar-refractivity contribution is 9.12. The number of carbonyl (C=O) groups excluding carboxylic acids is 1. The second kappa shape index (κ2) is 5.99. The van der Waals surface area contributed by atoms with E-state index in [1.807, 2.05) is 0 Å². The molecule has 19 heavy (non-hydrogen) atoms. The highest BCUT2D eigenvalue weighted by Gasteiger charge is 2.18. The zero-order chi connectivity index (χ0) is 14.2. The van der Waals surface area contributed by atoms with Crippen LogP contribution in [0.4, 0.5) is 14.5 Å². The average molecular weight is 476 g/mol. The van der Waals surface area contributed by atoms with Gasteiger partial charge in [-0.25, -0.2) is 8.78 Å². The number of carbonyl (C=O) groups is 1. The molecular weight excluding hydrogens is 472 g/mol. The molecule has 0 aliphatic carbocycles. The lowest BCUT2D eigenvalue weighted by atomic mass is 10.2. The Morgan fingerprint density at radius 1 is 1.11 bits per heavy atom. The fourth-order valence-corrected chi connectivity index (χ4v) is 4.53. The van der Waals surface area contributed by atoms with Crippen LogP contribution >= 0.6 is 59.1 Å². The molecule has 0 aliphatic rings. The number of amides is 1. The molecule has 1 heterocycles. The van der Waals surface area contributed by atoms with Gasteiger partial charge >= 0.3 is 0 Å². The van der Waals surface area contributed by atoms with E-state index in [-0.39, 0.29) is 4.47 Å². The van der Waals surface area contributed by atoms with Crippen molar-refractivity contribution in [2.24, 2.45) is 0 Å². The van der Waals surface area contributed by atoms with Gasteiger partial charge in [-0.05, 0) is 50.1 Å². The van der Waals surface area contributed by atoms with Gasteiger partial charge in [0.2, 0.25) is 0 Å². The summed E-state index contributed by atoms with van der Waals surface area (Å²) in [6.07, 6.45) is 0. The van der Waals surface area contributed by atoms with Gasteiger partial charge in [-0.3, -0.25) is 4.79 Å². The van der Waals surface area contributed by atoms with Gasteiger partial charge in [0.15, 0.2) is 11.6 Å². The predicted octanol–water partition coefficient (Wildman–Crippen LogP) is 5.57. The molecule has 1 N–H and O–H groups in total. The molecule has 100 valence electrons. The van der Waals surface area contributed by atoms with E-state index < -0.39 is 23.2 Å². The number of benzene rings is 1. The first-order valence-electron chi connectivity index (χ1n) is 4.79. The first-order valence-corrected chi connectivity index (χ1v) is 7.98. The van der Waals surface area contributed by atoms with Crippen molar-refractivity contribution >= 4 is 70.7 Å². The Balaban J connectivity index is 2.32. The van der Waals surface area contributed by atoms with Crippen LogP contribution in [0.3, 0.4) is 0 Å². The standard InChI is InChI=1S/C11H4Br3F2NOS/c12-4-1-6(15)9(7(16)2-4)17-11(18)5-3-8(13)19-10(5)14/h1-3H,(H,17,18).